The van der Waals surface area contributed by atoms with Gasteiger partial charge < -0.3 is 10.4 Å². The van der Waals surface area contributed by atoms with Crippen LogP contribution in [-0.2, 0) is 12.8 Å². The van der Waals surface area contributed by atoms with Gasteiger partial charge in [-0.25, -0.2) is 0 Å². The van der Waals surface area contributed by atoms with Crippen molar-refractivity contribution in [1.29, 1.82) is 0 Å². The molecule has 0 saturated carbocycles. The zero-order valence-electron chi connectivity index (χ0n) is 13.0. The molecule has 1 aromatic heterocycles. The van der Waals surface area contributed by atoms with Gasteiger partial charge in [0.25, 0.3) is 5.91 Å². The lowest BCUT2D eigenvalue weighted by Crippen LogP contribution is -2.38. The molecular formula is C16H27NO2S. The highest BCUT2D eigenvalue weighted by molar-refractivity contribution is 7.14. The number of aliphatic hydroxyl groups excluding tert-OH is 1. The van der Waals surface area contributed by atoms with Crippen LogP contribution < -0.4 is 5.32 Å². The van der Waals surface area contributed by atoms with Crippen LogP contribution >= 0.6 is 11.3 Å². The third kappa shape index (κ3) is 4.91. The number of hydrogen-bond donors (Lipinski definition) is 2. The average Bonchev–Trinajstić information content (AvgIpc) is 2.81. The first-order valence-corrected chi connectivity index (χ1v) is 8.36. The fourth-order valence-electron chi connectivity index (χ4n) is 2.32. The largest absolute Gasteiger partial charge is 0.394 e. The molecule has 1 heterocycles. The van der Waals surface area contributed by atoms with E-state index in [0.717, 1.165) is 30.6 Å². The van der Waals surface area contributed by atoms with E-state index in [0.29, 0.717) is 5.92 Å². The second-order valence-corrected chi connectivity index (χ2v) is 6.78. The van der Waals surface area contributed by atoms with Gasteiger partial charge in [0.05, 0.1) is 17.5 Å². The Bertz CT molecular complexity index is 426. The number of nitrogens with one attached hydrogen (secondary N) is 1. The molecule has 1 aromatic rings. The lowest BCUT2D eigenvalue weighted by Gasteiger charge is -2.17. The maximum absolute atomic E-state index is 12.3. The summed E-state index contributed by atoms with van der Waals surface area (Å²) in [6.07, 6.45) is 3.91. The van der Waals surface area contributed by atoms with E-state index in [9.17, 15) is 9.90 Å². The number of aliphatic hydroxyl groups is 1. The van der Waals surface area contributed by atoms with Crippen molar-refractivity contribution in [2.45, 2.75) is 59.4 Å². The molecule has 0 fully saturated rings. The van der Waals surface area contributed by atoms with Gasteiger partial charge in [-0.3, -0.25) is 4.79 Å². The molecule has 0 bridgehead atoms. The zero-order chi connectivity index (χ0) is 15.1. The van der Waals surface area contributed by atoms with Gasteiger partial charge in [0.15, 0.2) is 0 Å². The van der Waals surface area contributed by atoms with Gasteiger partial charge in [-0.1, -0.05) is 34.1 Å². The predicted molar refractivity (Wildman–Crippen MR) is 85.5 cm³/mol. The van der Waals surface area contributed by atoms with Crippen molar-refractivity contribution in [3.8, 4) is 0 Å². The van der Waals surface area contributed by atoms with E-state index in [1.165, 1.54) is 10.4 Å². The monoisotopic (exact) mass is 297 g/mol. The SMILES string of the molecule is CCCc1sc(C(=O)NC(CO)CC(C)C)cc1CC. The van der Waals surface area contributed by atoms with Crippen LogP contribution in [0.15, 0.2) is 6.07 Å². The maximum Gasteiger partial charge on any atom is 0.261 e. The summed E-state index contributed by atoms with van der Waals surface area (Å²) in [5.74, 6) is 0.407. The third-order valence-electron chi connectivity index (χ3n) is 3.29. The first kappa shape index (κ1) is 17.2. The van der Waals surface area contributed by atoms with Gasteiger partial charge >= 0.3 is 0 Å². The molecule has 0 aliphatic rings. The van der Waals surface area contributed by atoms with Crippen LogP contribution in [0.3, 0.4) is 0 Å². The summed E-state index contributed by atoms with van der Waals surface area (Å²) in [6.45, 7) is 8.46. The molecule has 1 amide bonds. The predicted octanol–water partition coefficient (Wildman–Crippen LogP) is 3.40. The normalized spacial score (nSPS) is 12.7. The molecule has 114 valence electrons. The van der Waals surface area contributed by atoms with Crippen LogP contribution in [0.1, 0.15) is 60.6 Å². The van der Waals surface area contributed by atoms with Crippen LogP contribution in [0.25, 0.3) is 0 Å². The minimum absolute atomic E-state index is 0.00223. The van der Waals surface area contributed by atoms with Crippen molar-refractivity contribution in [3.63, 3.8) is 0 Å². The lowest BCUT2D eigenvalue weighted by atomic mass is 10.0. The summed E-state index contributed by atoms with van der Waals surface area (Å²) in [5, 5.41) is 12.3. The fourth-order valence-corrected chi connectivity index (χ4v) is 3.58. The van der Waals surface area contributed by atoms with Gasteiger partial charge in [-0.2, -0.15) is 0 Å². The van der Waals surface area contributed by atoms with Crippen LogP contribution in [0.2, 0.25) is 0 Å². The minimum atomic E-state index is -0.149. The van der Waals surface area contributed by atoms with Crippen LogP contribution in [0, 0.1) is 5.92 Å². The molecule has 0 saturated heterocycles. The highest BCUT2D eigenvalue weighted by atomic mass is 32.1. The van der Waals surface area contributed by atoms with Gasteiger partial charge in [-0.15, -0.1) is 11.3 Å². The number of rotatable bonds is 8. The van der Waals surface area contributed by atoms with Crippen molar-refractivity contribution >= 4 is 17.2 Å². The topological polar surface area (TPSA) is 49.3 Å². The molecule has 0 aliphatic carbocycles. The average molecular weight is 297 g/mol. The number of carbonyl (C=O) groups excluding carboxylic acids is 1. The summed E-state index contributed by atoms with van der Waals surface area (Å²) in [7, 11) is 0. The number of hydrogen-bond acceptors (Lipinski definition) is 3. The highest BCUT2D eigenvalue weighted by Gasteiger charge is 2.17. The minimum Gasteiger partial charge on any atom is -0.394 e. The van der Waals surface area contributed by atoms with E-state index < -0.39 is 0 Å². The summed E-state index contributed by atoms with van der Waals surface area (Å²) >= 11 is 1.59. The molecule has 1 atom stereocenters. The van der Waals surface area contributed by atoms with Crippen molar-refractivity contribution in [1.82, 2.24) is 5.32 Å². The molecule has 0 aliphatic heterocycles. The first-order chi connectivity index (χ1) is 9.51. The molecule has 20 heavy (non-hydrogen) atoms. The van der Waals surface area contributed by atoms with Crippen molar-refractivity contribution in [2.75, 3.05) is 6.61 Å². The van der Waals surface area contributed by atoms with E-state index in [1.54, 1.807) is 11.3 Å². The van der Waals surface area contributed by atoms with Crippen LogP contribution in [0.4, 0.5) is 0 Å². The molecule has 4 heteroatoms. The third-order valence-corrected chi connectivity index (χ3v) is 4.53. The highest BCUT2D eigenvalue weighted by Crippen LogP contribution is 2.24. The molecule has 3 nitrogen and oxygen atoms in total. The quantitative estimate of drug-likeness (QED) is 0.772. The Kier molecular flexibility index (Phi) is 7.24. The number of aryl methyl sites for hydroxylation is 2. The zero-order valence-corrected chi connectivity index (χ0v) is 13.8. The van der Waals surface area contributed by atoms with Gasteiger partial charge in [0.2, 0.25) is 0 Å². The maximum atomic E-state index is 12.3. The number of thiophene rings is 1. The van der Waals surface area contributed by atoms with Gasteiger partial charge in [0, 0.05) is 4.88 Å². The van der Waals surface area contributed by atoms with Crippen molar-refractivity contribution in [3.05, 3.63) is 21.4 Å². The summed E-state index contributed by atoms with van der Waals surface area (Å²) < 4.78 is 0. The van der Waals surface area contributed by atoms with Crippen LogP contribution in [-0.4, -0.2) is 23.7 Å². The fraction of sp³-hybridized carbons (Fsp3) is 0.688. The van der Waals surface area contributed by atoms with E-state index in [4.69, 9.17) is 0 Å². The molecule has 0 spiro atoms. The Morgan fingerprint density at radius 1 is 1.40 bits per heavy atom. The molecular weight excluding hydrogens is 270 g/mol. The Balaban J connectivity index is 2.75. The van der Waals surface area contributed by atoms with Crippen molar-refractivity contribution in [2.24, 2.45) is 5.92 Å². The molecule has 1 rings (SSSR count). The summed E-state index contributed by atoms with van der Waals surface area (Å²) in [4.78, 5) is 14.4. The number of carbonyl (C=O) groups is 1. The molecule has 1 unspecified atom stereocenters. The standard InChI is InChI=1S/C16H27NO2S/c1-5-7-14-12(6-2)9-15(20-14)16(19)17-13(10-18)8-11(3)4/h9,11,13,18H,5-8,10H2,1-4H3,(H,17,19). The second kappa shape index (κ2) is 8.42. The lowest BCUT2D eigenvalue weighted by molar-refractivity contribution is 0.0912. The first-order valence-electron chi connectivity index (χ1n) is 7.55. The van der Waals surface area contributed by atoms with E-state index >= 15 is 0 Å². The molecule has 0 radical (unpaired) electrons. The van der Waals surface area contributed by atoms with Gasteiger partial charge in [0.1, 0.15) is 0 Å². The van der Waals surface area contributed by atoms with E-state index in [1.807, 2.05) is 6.07 Å². The molecule has 2 N–H and O–H groups in total. The van der Waals surface area contributed by atoms with E-state index in [2.05, 4.69) is 33.0 Å². The smallest absolute Gasteiger partial charge is 0.261 e. The Morgan fingerprint density at radius 3 is 2.60 bits per heavy atom. The summed E-state index contributed by atoms with van der Waals surface area (Å²) in [6, 6.07) is 1.86. The summed E-state index contributed by atoms with van der Waals surface area (Å²) in [5.41, 5.74) is 1.28. The Hall–Kier alpha value is -0.870. The Morgan fingerprint density at radius 2 is 2.10 bits per heavy atom. The van der Waals surface area contributed by atoms with E-state index in [-0.39, 0.29) is 18.6 Å². The Labute approximate surface area is 126 Å². The van der Waals surface area contributed by atoms with Crippen molar-refractivity contribution < 1.29 is 9.90 Å². The molecule has 0 aromatic carbocycles. The van der Waals surface area contributed by atoms with Gasteiger partial charge in [-0.05, 0) is 36.8 Å². The number of amides is 1. The second-order valence-electron chi connectivity index (χ2n) is 5.65. The van der Waals surface area contributed by atoms with Crippen LogP contribution in [0.5, 0.6) is 0 Å².